The molecule has 2 aliphatic rings. The van der Waals surface area contributed by atoms with Gasteiger partial charge in [0.15, 0.2) is 5.65 Å². The molecule has 9 nitrogen and oxygen atoms in total. The quantitative estimate of drug-likeness (QED) is 0.291. The number of benzene rings is 2. The first-order valence-corrected chi connectivity index (χ1v) is 14.9. The average Bonchev–Trinajstić information content (AvgIpc) is 3.40. The Kier molecular flexibility index (Phi) is 7.22. The Morgan fingerprint density at radius 2 is 1.88 bits per heavy atom. The first-order valence-electron chi connectivity index (χ1n) is 14.9. The molecule has 0 aliphatic carbocycles. The van der Waals surface area contributed by atoms with E-state index in [1.54, 1.807) is 10.9 Å². The Balaban J connectivity index is 1.44. The summed E-state index contributed by atoms with van der Waals surface area (Å²) < 4.78 is 3.55. The second-order valence-corrected chi connectivity index (χ2v) is 12.1. The molecule has 0 fully saturated rings. The topological polar surface area (TPSA) is 88.3 Å². The minimum Gasteiger partial charge on any atom is -0.324 e. The number of amides is 1. The van der Waals surface area contributed by atoms with Crippen molar-refractivity contribution in [3.05, 3.63) is 81.8 Å². The van der Waals surface area contributed by atoms with Crippen molar-refractivity contribution < 1.29 is 4.79 Å². The van der Waals surface area contributed by atoms with Gasteiger partial charge < -0.3 is 15.1 Å². The van der Waals surface area contributed by atoms with E-state index in [-0.39, 0.29) is 16.9 Å². The lowest BCUT2D eigenvalue weighted by molar-refractivity contribution is -0.117. The van der Waals surface area contributed by atoms with Crippen molar-refractivity contribution in [1.29, 1.82) is 0 Å². The molecule has 4 heterocycles. The van der Waals surface area contributed by atoms with Gasteiger partial charge in [0.1, 0.15) is 5.39 Å². The highest BCUT2D eigenvalue weighted by atomic mass is 16.2. The van der Waals surface area contributed by atoms with Gasteiger partial charge in [-0.3, -0.25) is 9.59 Å². The van der Waals surface area contributed by atoms with Crippen molar-refractivity contribution in [2.24, 2.45) is 0 Å². The molecule has 0 saturated carbocycles. The Bertz CT molecular complexity index is 1760. The third-order valence-electron chi connectivity index (χ3n) is 8.25. The highest BCUT2D eigenvalue weighted by Crippen LogP contribution is 2.35. The maximum absolute atomic E-state index is 13.6. The van der Waals surface area contributed by atoms with Crippen molar-refractivity contribution in [1.82, 2.24) is 24.2 Å². The van der Waals surface area contributed by atoms with Crippen LogP contribution >= 0.6 is 0 Å². The fraction of sp³-hybridized carbons (Fsp3) is 0.394. The molecule has 0 radical (unpaired) electrons. The zero-order chi connectivity index (χ0) is 29.6. The SMILES string of the molecule is CC/C=C\Cn1c(=O)c2cnc(Nc3ccc4c(c3)CN(C)CC4(C)C)nc2n1-c1ccc2c(c1)N(CCC)C(=O)C2. The number of carbonyl (C=O) groups excluding carboxylic acids is 1. The van der Waals surface area contributed by atoms with Crippen LogP contribution in [0.15, 0.2) is 59.5 Å². The smallest absolute Gasteiger partial charge is 0.278 e. The number of anilines is 3. The lowest BCUT2D eigenvalue weighted by Gasteiger charge is -2.38. The van der Waals surface area contributed by atoms with E-state index in [0.717, 1.165) is 48.6 Å². The number of aromatic nitrogens is 4. The third kappa shape index (κ3) is 4.91. The van der Waals surface area contributed by atoms with Crippen molar-refractivity contribution >= 4 is 34.3 Å². The standard InChI is InChI=1S/C33H39N7O2/c1-6-8-9-15-39-31(42)26-19-34-32(35-24-11-13-27-23(16-24)20-37(5)21-33(27,3)4)36-30(26)40(39)25-12-10-22-17-29(41)38(14-7-2)28(22)18-25/h8-13,16,18-19H,6-7,14-15,17,20-21H2,1-5H3,(H,34,35,36)/b9-8-. The van der Waals surface area contributed by atoms with Gasteiger partial charge >= 0.3 is 0 Å². The summed E-state index contributed by atoms with van der Waals surface area (Å²) in [6, 6.07) is 12.4. The molecule has 4 aromatic rings. The van der Waals surface area contributed by atoms with E-state index in [2.05, 4.69) is 68.1 Å². The van der Waals surface area contributed by atoms with Crippen LogP contribution in [0.5, 0.6) is 0 Å². The average molecular weight is 566 g/mol. The van der Waals surface area contributed by atoms with Gasteiger partial charge in [0.05, 0.1) is 18.7 Å². The number of nitrogens with zero attached hydrogens (tertiary/aromatic N) is 6. The Labute approximate surface area is 246 Å². The second kappa shape index (κ2) is 10.9. The Hall–Kier alpha value is -4.24. The minimum absolute atomic E-state index is 0.0780. The maximum Gasteiger partial charge on any atom is 0.278 e. The number of likely N-dealkylation sites (N-methyl/N-ethyl adjacent to an activating group) is 1. The number of hydrogen-bond donors (Lipinski definition) is 1. The number of hydrogen-bond acceptors (Lipinski definition) is 6. The molecule has 0 spiro atoms. The monoisotopic (exact) mass is 565 g/mol. The van der Waals surface area contributed by atoms with Crippen LogP contribution in [0.25, 0.3) is 16.7 Å². The van der Waals surface area contributed by atoms with Crippen molar-refractivity contribution in [2.45, 2.75) is 65.5 Å². The van der Waals surface area contributed by atoms with Crippen LogP contribution in [0, 0.1) is 0 Å². The fourth-order valence-electron chi connectivity index (χ4n) is 6.50. The molecule has 2 aromatic heterocycles. The van der Waals surface area contributed by atoms with Crippen LogP contribution in [0.2, 0.25) is 0 Å². The molecule has 6 rings (SSSR count). The first-order chi connectivity index (χ1) is 20.2. The minimum atomic E-state index is -0.154. The lowest BCUT2D eigenvalue weighted by Crippen LogP contribution is -2.39. The van der Waals surface area contributed by atoms with Gasteiger partial charge in [-0.1, -0.05) is 52.0 Å². The molecule has 0 saturated heterocycles. The predicted molar refractivity (Wildman–Crippen MR) is 168 cm³/mol. The van der Waals surface area contributed by atoms with E-state index in [4.69, 9.17) is 4.98 Å². The molecule has 0 unspecified atom stereocenters. The number of rotatable bonds is 8. The van der Waals surface area contributed by atoms with Gasteiger partial charge in [-0.25, -0.2) is 14.3 Å². The highest BCUT2D eigenvalue weighted by molar-refractivity contribution is 6.01. The molecule has 218 valence electrons. The van der Waals surface area contributed by atoms with Gasteiger partial charge in [0.25, 0.3) is 5.56 Å². The Morgan fingerprint density at radius 1 is 1.05 bits per heavy atom. The molecule has 2 aromatic carbocycles. The van der Waals surface area contributed by atoms with E-state index < -0.39 is 0 Å². The predicted octanol–water partition coefficient (Wildman–Crippen LogP) is 5.31. The summed E-state index contributed by atoms with van der Waals surface area (Å²) in [5.41, 5.74) is 6.69. The number of fused-ring (bicyclic) bond motifs is 3. The van der Waals surface area contributed by atoms with Gasteiger partial charge in [-0.2, -0.15) is 4.98 Å². The maximum atomic E-state index is 13.6. The molecule has 1 N–H and O–H groups in total. The van der Waals surface area contributed by atoms with E-state index in [9.17, 15) is 9.59 Å². The molecule has 1 amide bonds. The van der Waals surface area contributed by atoms with E-state index in [1.165, 1.54) is 11.1 Å². The molecule has 2 aliphatic heterocycles. The summed E-state index contributed by atoms with van der Waals surface area (Å²) >= 11 is 0. The van der Waals surface area contributed by atoms with Crippen LogP contribution < -0.4 is 15.8 Å². The molecular weight excluding hydrogens is 526 g/mol. The Morgan fingerprint density at radius 3 is 2.67 bits per heavy atom. The summed E-state index contributed by atoms with van der Waals surface area (Å²) in [4.78, 5) is 39.9. The zero-order valence-electron chi connectivity index (χ0n) is 25.1. The third-order valence-corrected chi connectivity index (χ3v) is 8.25. The summed E-state index contributed by atoms with van der Waals surface area (Å²) in [5, 5.41) is 3.83. The van der Waals surface area contributed by atoms with Gasteiger partial charge in [0, 0.05) is 42.6 Å². The highest BCUT2D eigenvalue weighted by Gasteiger charge is 2.30. The molecule has 0 bridgehead atoms. The van der Waals surface area contributed by atoms with E-state index >= 15 is 0 Å². The summed E-state index contributed by atoms with van der Waals surface area (Å²) in [5.74, 6) is 0.530. The number of carbonyl (C=O) groups is 1. The molecule has 0 atom stereocenters. The van der Waals surface area contributed by atoms with Crippen molar-refractivity contribution in [3.8, 4) is 5.69 Å². The summed E-state index contributed by atoms with van der Waals surface area (Å²) in [6.45, 7) is 11.7. The van der Waals surface area contributed by atoms with Gasteiger partial charge in [-0.05, 0) is 60.8 Å². The van der Waals surface area contributed by atoms with E-state index in [0.29, 0.717) is 36.5 Å². The lowest BCUT2D eigenvalue weighted by atomic mass is 9.78. The normalized spacial score (nSPS) is 16.4. The van der Waals surface area contributed by atoms with Crippen molar-refractivity contribution in [3.63, 3.8) is 0 Å². The largest absolute Gasteiger partial charge is 0.324 e. The fourth-order valence-corrected chi connectivity index (χ4v) is 6.50. The number of nitrogens with one attached hydrogen (secondary N) is 1. The van der Waals surface area contributed by atoms with Crippen LogP contribution in [0.4, 0.5) is 17.3 Å². The first kappa shape index (κ1) is 27.9. The van der Waals surface area contributed by atoms with E-state index in [1.807, 2.05) is 39.9 Å². The molecule has 42 heavy (non-hydrogen) atoms. The summed E-state index contributed by atoms with van der Waals surface area (Å²) in [6.07, 6.45) is 7.80. The van der Waals surface area contributed by atoms with Gasteiger partial charge in [-0.15, -0.1) is 0 Å². The van der Waals surface area contributed by atoms with Crippen LogP contribution in [0.1, 0.15) is 57.2 Å². The molecular formula is C33H39N7O2. The van der Waals surface area contributed by atoms with Gasteiger partial charge in [0.2, 0.25) is 11.9 Å². The number of allylic oxidation sites excluding steroid dienone is 2. The van der Waals surface area contributed by atoms with Crippen LogP contribution in [0.3, 0.4) is 0 Å². The summed E-state index contributed by atoms with van der Waals surface area (Å²) in [7, 11) is 2.15. The zero-order valence-corrected chi connectivity index (χ0v) is 25.1. The second-order valence-electron chi connectivity index (χ2n) is 12.1. The molecule has 9 heteroatoms. The van der Waals surface area contributed by atoms with Crippen molar-refractivity contribution in [2.75, 3.05) is 30.4 Å². The van der Waals surface area contributed by atoms with Crippen LogP contribution in [-0.4, -0.2) is 50.3 Å². The van der Waals surface area contributed by atoms with Crippen LogP contribution in [-0.2, 0) is 29.7 Å².